The average molecular weight is 743 g/mol. The van der Waals surface area contributed by atoms with Crippen molar-refractivity contribution < 1.29 is 27.8 Å². The quantitative estimate of drug-likeness (QED) is 0.169. The van der Waals surface area contributed by atoms with E-state index in [1.54, 1.807) is 41.6 Å². The van der Waals surface area contributed by atoms with Crippen molar-refractivity contribution in [2.75, 3.05) is 13.7 Å². The number of alkyl carbamates (subject to hydrolysis) is 1. The predicted octanol–water partition coefficient (Wildman–Crippen LogP) is 8.74. The summed E-state index contributed by atoms with van der Waals surface area (Å²) in [5.41, 5.74) is 3.57. The Hall–Kier alpha value is -5.27. The van der Waals surface area contributed by atoms with Crippen LogP contribution < -0.4 is 10.1 Å². The standard InChI is InChI=1S/C38H33ClF2N6O4S/c1-19(2)33(45-38(49)50-3)36(48)46-12-4-5-28(46)34-42-17-26(44-34)21-14-25(41)32-29-15-22-13-23(39)8-11-27(22)47(29)37(51-30(32)16-21)31-18-43-35(52-31)20-6-9-24(40)10-7-20/h6-11,13-19,28,33,37H,4-5,12H2,1-3H3,(H,42,44)(H,45,49). The third-order valence-corrected chi connectivity index (χ3v) is 10.9. The van der Waals surface area contributed by atoms with Crippen molar-refractivity contribution in [1.29, 1.82) is 0 Å². The Bertz CT molecular complexity index is 2340. The highest BCUT2D eigenvalue weighted by Gasteiger charge is 2.38. The van der Waals surface area contributed by atoms with Gasteiger partial charge in [0.15, 0.2) is 0 Å². The maximum atomic E-state index is 16.4. The number of halogens is 3. The lowest BCUT2D eigenvalue weighted by Crippen LogP contribution is -2.51. The van der Waals surface area contributed by atoms with E-state index >= 15 is 4.39 Å². The van der Waals surface area contributed by atoms with Gasteiger partial charge in [-0.05, 0) is 79.4 Å². The van der Waals surface area contributed by atoms with Crippen molar-refractivity contribution in [2.24, 2.45) is 5.92 Å². The van der Waals surface area contributed by atoms with Crippen LogP contribution in [-0.4, -0.2) is 56.1 Å². The fourth-order valence-electron chi connectivity index (χ4n) is 7.06. The molecule has 1 saturated heterocycles. The molecule has 0 spiro atoms. The second-order valence-electron chi connectivity index (χ2n) is 13.2. The number of hydrogen-bond donors (Lipinski definition) is 2. The van der Waals surface area contributed by atoms with Crippen molar-refractivity contribution >= 4 is 45.8 Å². The maximum Gasteiger partial charge on any atom is 0.407 e. The zero-order valence-electron chi connectivity index (χ0n) is 28.3. The molecule has 2 N–H and O–H groups in total. The number of likely N-dealkylation sites (tertiary alicyclic amines) is 1. The fourth-order valence-corrected chi connectivity index (χ4v) is 8.18. The molecule has 3 aromatic carbocycles. The molecule has 3 unspecified atom stereocenters. The normalized spacial score (nSPS) is 17.2. The summed E-state index contributed by atoms with van der Waals surface area (Å²) in [5.74, 6) is -0.312. The molecular weight excluding hydrogens is 710 g/mol. The Morgan fingerprint density at radius 1 is 1.06 bits per heavy atom. The summed E-state index contributed by atoms with van der Waals surface area (Å²) in [7, 11) is 1.26. The zero-order valence-corrected chi connectivity index (χ0v) is 29.9. The van der Waals surface area contributed by atoms with Crippen LogP contribution in [0.5, 0.6) is 5.75 Å². The second kappa shape index (κ2) is 13.4. The number of aromatic amines is 1. The van der Waals surface area contributed by atoms with Gasteiger partial charge in [0.1, 0.15) is 34.3 Å². The van der Waals surface area contributed by atoms with E-state index in [9.17, 15) is 14.0 Å². The Morgan fingerprint density at radius 2 is 1.87 bits per heavy atom. The number of hydrogen-bond acceptors (Lipinski definition) is 7. The number of benzene rings is 3. The van der Waals surface area contributed by atoms with Gasteiger partial charge in [-0.2, -0.15) is 0 Å². The molecule has 3 atom stereocenters. The minimum absolute atomic E-state index is 0.169. The number of carbonyl (C=O) groups excluding carboxylic acids is 2. The number of imidazole rings is 1. The molecule has 8 rings (SSSR count). The number of ether oxygens (including phenoxy) is 2. The number of thiazole rings is 1. The summed E-state index contributed by atoms with van der Waals surface area (Å²) in [4.78, 5) is 40.7. The van der Waals surface area contributed by atoms with Crippen LogP contribution in [0.4, 0.5) is 13.6 Å². The van der Waals surface area contributed by atoms with Crippen LogP contribution in [0.25, 0.3) is 44.0 Å². The summed E-state index contributed by atoms with van der Waals surface area (Å²) in [6.07, 6.45) is 3.43. The Morgan fingerprint density at radius 3 is 2.63 bits per heavy atom. The second-order valence-corrected chi connectivity index (χ2v) is 14.7. The first kappa shape index (κ1) is 33.9. The topological polar surface area (TPSA) is 114 Å². The van der Waals surface area contributed by atoms with E-state index in [1.165, 1.54) is 36.6 Å². The maximum absolute atomic E-state index is 16.4. The molecule has 0 bridgehead atoms. The summed E-state index contributed by atoms with van der Waals surface area (Å²) in [6, 6.07) is 15.7. The van der Waals surface area contributed by atoms with Gasteiger partial charge in [0, 0.05) is 34.3 Å². The Balaban J connectivity index is 1.15. The van der Waals surface area contributed by atoms with Gasteiger partial charge < -0.3 is 24.7 Å². The van der Waals surface area contributed by atoms with Gasteiger partial charge in [-0.3, -0.25) is 9.36 Å². The van der Waals surface area contributed by atoms with Crippen molar-refractivity contribution in [3.63, 3.8) is 0 Å². The smallest absolute Gasteiger partial charge is 0.407 e. The molecule has 1 fully saturated rings. The van der Waals surface area contributed by atoms with E-state index < -0.39 is 24.2 Å². The molecule has 6 aromatic rings. The van der Waals surface area contributed by atoms with Crippen LogP contribution in [-0.2, 0) is 9.53 Å². The highest BCUT2D eigenvalue weighted by Crippen LogP contribution is 2.48. The molecule has 0 aliphatic carbocycles. The molecule has 5 heterocycles. The first-order valence-electron chi connectivity index (χ1n) is 16.8. The van der Waals surface area contributed by atoms with Crippen LogP contribution in [0.1, 0.15) is 49.7 Å². The van der Waals surface area contributed by atoms with E-state index in [2.05, 4.69) is 20.3 Å². The fraction of sp³-hybridized carbons (Fsp3) is 0.263. The molecule has 2 aliphatic heterocycles. The lowest BCUT2D eigenvalue weighted by Gasteiger charge is -2.30. The summed E-state index contributed by atoms with van der Waals surface area (Å²) in [6.45, 7) is 4.23. The van der Waals surface area contributed by atoms with Crippen molar-refractivity contribution in [3.05, 3.63) is 100 Å². The summed E-state index contributed by atoms with van der Waals surface area (Å²) >= 11 is 7.77. The van der Waals surface area contributed by atoms with E-state index in [0.29, 0.717) is 57.1 Å². The van der Waals surface area contributed by atoms with Crippen molar-refractivity contribution in [1.82, 2.24) is 29.7 Å². The van der Waals surface area contributed by atoms with Crippen LogP contribution in [0.3, 0.4) is 0 Å². The van der Waals surface area contributed by atoms with Crippen LogP contribution in [0.15, 0.2) is 73.1 Å². The molecule has 14 heteroatoms. The number of methoxy groups -OCH3 is 1. The SMILES string of the molecule is COC(=O)NC(C(=O)N1CCCC1c1ncc(-c2cc(F)c3c(c2)OC(c2cnc(-c4ccc(F)cc4)s2)n2c-3cc3cc(Cl)ccc32)[nH]1)C(C)C. The van der Waals surface area contributed by atoms with Gasteiger partial charge >= 0.3 is 6.09 Å². The number of aromatic nitrogens is 4. The summed E-state index contributed by atoms with van der Waals surface area (Å²) in [5, 5.41) is 4.73. The molecule has 52 heavy (non-hydrogen) atoms. The minimum atomic E-state index is -0.765. The number of nitrogens with one attached hydrogen (secondary N) is 2. The molecule has 266 valence electrons. The van der Waals surface area contributed by atoms with Gasteiger partial charge in [-0.25, -0.2) is 23.5 Å². The monoisotopic (exact) mass is 742 g/mol. The lowest BCUT2D eigenvalue weighted by atomic mass is 10.0. The molecule has 0 radical (unpaired) electrons. The Labute approximate surface area is 306 Å². The van der Waals surface area contributed by atoms with E-state index in [0.717, 1.165) is 27.8 Å². The number of rotatable bonds is 7. The minimum Gasteiger partial charge on any atom is -0.464 e. The highest BCUT2D eigenvalue weighted by molar-refractivity contribution is 7.15. The molecule has 3 aromatic heterocycles. The van der Waals surface area contributed by atoms with Gasteiger partial charge in [0.25, 0.3) is 0 Å². The van der Waals surface area contributed by atoms with Crippen LogP contribution in [0.2, 0.25) is 5.02 Å². The third kappa shape index (κ3) is 5.97. The number of amides is 2. The van der Waals surface area contributed by atoms with Gasteiger partial charge in [-0.15, -0.1) is 11.3 Å². The average Bonchev–Trinajstić information content (AvgIpc) is 3.95. The molecule has 2 amide bonds. The summed E-state index contributed by atoms with van der Waals surface area (Å²) < 4.78 is 43.4. The largest absolute Gasteiger partial charge is 0.464 e. The number of fused-ring (bicyclic) bond motifs is 5. The zero-order chi connectivity index (χ0) is 36.3. The highest BCUT2D eigenvalue weighted by atomic mass is 35.5. The van der Waals surface area contributed by atoms with E-state index in [1.807, 2.05) is 36.6 Å². The van der Waals surface area contributed by atoms with Crippen LogP contribution in [0, 0.1) is 17.6 Å². The number of nitrogens with zero attached hydrogens (tertiary/aromatic N) is 4. The van der Waals surface area contributed by atoms with Gasteiger partial charge in [0.05, 0.1) is 46.7 Å². The van der Waals surface area contributed by atoms with Crippen LogP contribution >= 0.6 is 22.9 Å². The van der Waals surface area contributed by atoms with Crippen molar-refractivity contribution in [3.8, 4) is 38.8 Å². The molecule has 2 aliphatic rings. The first-order chi connectivity index (χ1) is 25.1. The number of carbonyl (C=O) groups is 2. The van der Waals surface area contributed by atoms with E-state index in [4.69, 9.17) is 21.1 Å². The van der Waals surface area contributed by atoms with Crippen molar-refractivity contribution in [2.45, 2.75) is 45.0 Å². The number of H-pyrrole nitrogens is 1. The van der Waals surface area contributed by atoms with E-state index in [-0.39, 0.29) is 23.7 Å². The predicted molar refractivity (Wildman–Crippen MR) is 194 cm³/mol. The molecule has 0 saturated carbocycles. The van der Waals surface area contributed by atoms with Gasteiger partial charge in [-0.1, -0.05) is 25.4 Å². The van der Waals surface area contributed by atoms with Gasteiger partial charge in [0.2, 0.25) is 12.1 Å². The Kier molecular flexibility index (Phi) is 8.70. The molecule has 10 nitrogen and oxygen atoms in total. The first-order valence-corrected chi connectivity index (χ1v) is 18.0. The molecular formula is C38H33ClF2N6O4S. The lowest BCUT2D eigenvalue weighted by molar-refractivity contribution is -0.135. The third-order valence-electron chi connectivity index (χ3n) is 9.59.